The third kappa shape index (κ3) is 4.45. The molecule has 0 radical (unpaired) electrons. The lowest BCUT2D eigenvalue weighted by atomic mass is 10.1. The van der Waals surface area contributed by atoms with Crippen LogP contribution in [-0.4, -0.2) is 24.5 Å². The van der Waals surface area contributed by atoms with Crippen molar-refractivity contribution >= 4 is 33.2 Å². The molecule has 8 heteroatoms. The Labute approximate surface area is 163 Å². The van der Waals surface area contributed by atoms with Crippen molar-refractivity contribution in [1.29, 1.82) is 0 Å². The van der Waals surface area contributed by atoms with E-state index in [2.05, 4.69) is 5.32 Å². The van der Waals surface area contributed by atoms with Crippen molar-refractivity contribution < 1.29 is 18.1 Å². The standard InChI is InChI=1S/C20H20N2O5S/c23-20(14-9-15-5-1-4-8-19(15)22(24)25)21-16-10-12-18(13-11-16)28(26,27)17-6-2-3-7-17/h1,4-5,8-14,17H,2-3,6-7H2,(H,21,23). The Morgan fingerprint density at radius 1 is 1.07 bits per heavy atom. The highest BCUT2D eigenvalue weighted by atomic mass is 32.2. The van der Waals surface area contributed by atoms with E-state index in [1.54, 1.807) is 30.3 Å². The highest BCUT2D eigenvalue weighted by molar-refractivity contribution is 7.92. The second kappa shape index (κ2) is 8.35. The number of nitrogens with one attached hydrogen (secondary N) is 1. The van der Waals surface area contributed by atoms with Crippen LogP contribution in [0.25, 0.3) is 6.08 Å². The van der Waals surface area contributed by atoms with Gasteiger partial charge in [-0.3, -0.25) is 14.9 Å². The molecule has 0 spiro atoms. The minimum Gasteiger partial charge on any atom is -0.323 e. The monoisotopic (exact) mass is 400 g/mol. The van der Waals surface area contributed by atoms with E-state index >= 15 is 0 Å². The van der Waals surface area contributed by atoms with Crippen molar-refractivity contribution in [3.05, 3.63) is 70.3 Å². The molecule has 0 bridgehead atoms. The van der Waals surface area contributed by atoms with Gasteiger partial charge in [-0.2, -0.15) is 0 Å². The molecule has 0 atom stereocenters. The third-order valence-electron chi connectivity index (χ3n) is 4.74. The predicted molar refractivity (Wildman–Crippen MR) is 107 cm³/mol. The van der Waals surface area contributed by atoms with Crippen LogP contribution in [0.5, 0.6) is 0 Å². The number of hydrogen-bond acceptors (Lipinski definition) is 5. The molecule has 1 fully saturated rings. The Morgan fingerprint density at radius 2 is 1.71 bits per heavy atom. The molecule has 1 amide bonds. The van der Waals surface area contributed by atoms with Crippen molar-refractivity contribution in [2.75, 3.05) is 5.32 Å². The van der Waals surface area contributed by atoms with Crippen molar-refractivity contribution in [2.45, 2.75) is 35.8 Å². The molecule has 7 nitrogen and oxygen atoms in total. The molecule has 0 aromatic heterocycles. The molecule has 0 unspecified atom stereocenters. The first kappa shape index (κ1) is 19.8. The summed E-state index contributed by atoms with van der Waals surface area (Å²) < 4.78 is 25.1. The molecule has 1 saturated carbocycles. The Morgan fingerprint density at radius 3 is 2.36 bits per heavy atom. The second-order valence-electron chi connectivity index (χ2n) is 6.61. The number of rotatable bonds is 6. The topological polar surface area (TPSA) is 106 Å². The van der Waals surface area contributed by atoms with Crippen LogP contribution in [-0.2, 0) is 14.6 Å². The first-order valence-corrected chi connectivity index (χ1v) is 10.5. The summed E-state index contributed by atoms with van der Waals surface area (Å²) >= 11 is 0. The predicted octanol–water partition coefficient (Wildman–Crippen LogP) is 3.96. The molecule has 0 saturated heterocycles. The Balaban J connectivity index is 1.67. The van der Waals surface area contributed by atoms with Gasteiger partial charge in [-0.1, -0.05) is 25.0 Å². The van der Waals surface area contributed by atoms with Crippen molar-refractivity contribution in [3.8, 4) is 0 Å². The number of carbonyl (C=O) groups is 1. The van der Waals surface area contributed by atoms with E-state index in [9.17, 15) is 23.3 Å². The van der Waals surface area contributed by atoms with Crippen LogP contribution in [0.1, 0.15) is 31.2 Å². The first-order chi connectivity index (χ1) is 13.4. The van der Waals surface area contributed by atoms with E-state index in [1.807, 2.05) is 0 Å². The number of nitro groups is 1. The lowest BCUT2D eigenvalue weighted by molar-refractivity contribution is -0.385. The minimum atomic E-state index is -3.33. The molecule has 3 rings (SSSR count). The fraction of sp³-hybridized carbons (Fsp3) is 0.250. The number of anilines is 1. The van der Waals surface area contributed by atoms with Gasteiger partial charge in [0.05, 0.1) is 20.6 Å². The normalized spacial score (nSPS) is 15.0. The molecule has 1 N–H and O–H groups in total. The smallest absolute Gasteiger partial charge is 0.276 e. The second-order valence-corrected chi connectivity index (χ2v) is 8.84. The highest BCUT2D eigenvalue weighted by Crippen LogP contribution is 2.30. The van der Waals surface area contributed by atoms with Crippen LogP contribution in [0.2, 0.25) is 0 Å². The van der Waals surface area contributed by atoms with Gasteiger partial charge in [-0.15, -0.1) is 0 Å². The lowest BCUT2D eigenvalue weighted by Gasteiger charge is -2.11. The molecular weight excluding hydrogens is 380 g/mol. The quantitative estimate of drug-likeness (QED) is 0.449. The van der Waals surface area contributed by atoms with E-state index in [4.69, 9.17) is 0 Å². The van der Waals surface area contributed by atoms with Crippen LogP contribution in [0, 0.1) is 10.1 Å². The van der Waals surface area contributed by atoms with Gasteiger partial charge in [0.1, 0.15) is 0 Å². The summed E-state index contributed by atoms with van der Waals surface area (Å²) in [6.07, 6.45) is 5.82. The molecule has 0 heterocycles. The van der Waals surface area contributed by atoms with E-state index in [-0.39, 0.29) is 15.8 Å². The fourth-order valence-electron chi connectivity index (χ4n) is 3.26. The van der Waals surface area contributed by atoms with Gasteiger partial charge >= 0.3 is 0 Å². The molecular formula is C20H20N2O5S. The zero-order valence-electron chi connectivity index (χ0n) is 15.1. The van der Waals surface area contributed by atoms with Gasteiger partial charge in [0, 0.05) is 17.8 Å². The van der Waals surface area contributed by atoms with E-state index in [0.717, 1.165) is 12.8 Å². The number of nitrogens with zero attached hydrogens (tertiary/aromatic N) is 1. The maximum atomic E-state index is 12.6. The lowest BCUT2D eigenvalue weighted by Crippen LogP contribution is -2.17. The summed E-state index contributed by atoms with van der Waals surface area (Å²) in [4.78, 5) is 22.8. The average molecular weight is 400 g/mol. The maximum Gasteiger partial charge on any atom is 0.276 e. The van der Waals surface area contributed by atoms with Crippen molar-refractivity contribution in [1.82, 2.24) is 0 Å². The Bertz CT molecular complexity index is 1010. The third-order valence-corrected chi connectivity index (χ3v) is 7.02. The Hall–Kier alpha value is -3.00. The number of benzene rings is 2. The number of sulfone groups is 1. The van der Waals surface area contributed by atoms with Gasteiger partial charge in [0.2, 0.25) is 5.91 Å². The van der Waals surface area contributed by atoms with Crippen LogP contribution >= 0.6 is 0 Å². The molecule has 146 valence electrons. The van der Waals surface area contributed by atoms with Gasteiger partial charge in [-0.25, -0.2) is 8.42 Å². The van der Waals surface area contributed by atoms with Crippen molar-refractivity contribution in [2.24, 2.45) is 0 Å². The molecule has 2 aromatic rings. The molecule has 1 aliphatic carbocycles. The van der Waals surface area contributed by atoms with Crippen LogP contribution in [0.3, 0.4) is 0 Å². The SMILES string of the molecule is O=C(C=Cc1ccccc1[N+](=O)[O-])Nc1ccc(S(=O)(=O)C2CCCC2)cc1. The first-order valence-electron chi connectivity index (χ1n) is 8.94. The van der Waals surface area contributed by atoms with Gasteiger partial charge in [-0.05, 0) is 49.2 Å². The highest BCUT2D eigenvalue weighted by Gasteiger charge is 2.30. The maximum absolute atomic E-state index is 12.6. The van der Waals surface area contributed by atoms with Gasteiger partial charge in [0.15, 0.2) is 9.84 Å². The Kier molecular flexibility index (Phi) is 5.89. The zero-order chi connectivity index (χ0) is 20.1. The zero-order valence-corrected chi connectivity index (χ0v) is 15.9. The average Bonchev–Trinajstić information content (AvgIpc) is 3.23. The summed E-state index contributed by atoms with van der Waals surface area (Å²) in [6, 6.07) is 12.2. The van der Waals surface area contributed by atoms with E-state index in [1.165, 1.54) is 30.4 Å². The van der Waals surface area contributed by atoms with Crippen molar-refractivity contribution in [3.63, 3.8) is 0 Å². The number of nitro benzene ring substituents is 1. The largest absolute Gasteiger partial charge is 0.323 e. The van der Waals surface area contributed by atoms with Gasteiger partial charge < -0.3 is 5.32 Å². The van der Waals surface area contributed by atoms with Gasteiger partial charge in [0.25, 0.3) is 5.69 Å². The summed E-state index contributed by atoms with van der Waals surface area (Å²) in [5, 5.41) is 13.3. The molecule has 28 heavy (non-hydrogen) atoms. The van der Waals surface area contributed by atoms with Crippen LogP contribution in [0.15, 0.2) is 59.5 Å². The molecule has 2 aromatic carbocycles. The summed E-state index contributed by atoms with van der Waals surface area (Å²) in [7, 11) is -3.33. The number of para-hydroxylation sites is 1. The summed E-state index contributed by atoms with van der Waals surface area (Å²) in [6.45, 7) is 0. The van der Waals surface area contributed by atoms with E-state index in [0.29, 0.717) is 24.1 Å². The van der Waals surface area contributed by atoms with Crippen LogP contribution < -0.4 is 5.32 Å². The number of hydrogen-bond donors (Lipinski definition) is 1. The van der Waals surface area contributed by atoms with E-state index < -0.39 is 20.7 Å². The van der Waals surface area contributed by atoms with Crippen LogP contribution in [0.4, 0.5) is 11.4 Å². The number of carbonyl (C=O) groups excluding carboxylic acids is 1. The molecule has 0 aliphatic heterocycles. The summed E-state index contributed by atoms with van der Waals surface area (Å²) in [5.41, 5.74) is 0.677. The summed E-state index contributed by atoms with van der Waals surface area (Å²) in [5.74, 6) is -0.468. The number of amides is 1. The minimum absolute atomic E-state index is 0.0898. The molecule has 1 aliphatic rings. The fourth-order valence-corrected chi connectivity index (χ4v) is 5.12.